The van der Waals surface area contributed by atoms with Crippen LogP contribution in [0.4, 0.5) is 4.79 Å². The fraction of sp³-hybridized carbons (Fsp3) is 0.786. The molecule has 4 N–H and O–H groups in total. The minimum atomic E-state index is -0.798. The molecule has 0 spiro atoms. The van der Waals surface area contributed by atoms with Crippen molar-refractivity contribution in [2.75, 3.05) is 19.6 Å². The highest BCUT2D eigenvalue weighted by Gasteiger charge is 2.32. The zero-order valence-corrected chi connectivity index (χ0v) is 12.6. The summed E-state index contributed by atoms with van der Waals surface area (Å²) in [6.45, 7) is 4.80. The molecule has 7 heteroatoms. The van der Waals surface area contributed by atoms with Gasteiger partial charge in [-0.3, -0.25) is 9.59 Å². The maximum Gasteiger partial charge on any atom is 0.315 e. The smallest absolute Gasteiger partial charge is 0.315 e. The average molecular weight is 299 g/mol. The highest BCUT2D eigenvalue weighted by atomic mass is 16.4. The largest absolute Gasteiger partial charge is 0.481 e. The summed E-state index contributed by atoms with van der Waals surface area (Å²) >= 11 is 0. The van der Waals surface area contributed by atoms with Gasteiger partial charge in [0.1, 0.15) is 0 Å². The quantitative estimate of drug-likeness (QED) is 0.551. The van der Waals surface area contributed by atoms with Gasteiger partial charge in [0.15, 0.2) is 0 Å². The molecular formula is C14H25N3O4. The maximum absolute atomic E-state index is 11.6. The Kier molecular flexibility index (Phi) is 6.98. The van der Waals surface area contributed by atoms with Gasteiger partial charge in [-0.25, -0.2) is 4.79 Å². The van der Waals surface area contributed by atoms with E-state index in [1.54, 1.807) is 0 Å². The molecule has 0 bridgehead atoms. The first-order valence-corrected chi connectivity index (χ1v) is 7.41. The number of carbonyl (C=O) groups excluding carboxylic acids is 2. The number of carboxylic acids is 1. The van der Waals surface area contributed by atoms with E-state index in [-0.39, 0.29) is 24.3 Å². The Bertz CT molecular complexity index is 384. The standard InChI is InChI=1S/C14H25N3O4/c1-9(2)6-15-12(18)8-17-14(21)16-7-10-4-3-5-11(10)13(19)20/h9-11H,3-8H2,1-2H3,(H,15,18)(H,19,20)(H2,16,17,21). The lowest BCUT2D eigenvalue weighted by atomic mass is 9.96. The van der Waals surface area contributed by atoms with Gasteiger partial charge in [-0.05, 0) is 24.7 Å². The first kappa shape index (κ1) is 17.3. The van der Waals surface area contributed by atoms with Gasteiger partial charge in [-0.1, -0.05) is 20.3 Å². The third-order valence-corrected chi connectivity index (χ3v) is 3.62. The zero-order valence-electron chi connectivity index (χ0n) is 12.6. The van der Waals surface area contributed by atoms with E-state index in [2.05, 4.69) is 16.0 Å². The summed E-state index contributed by atoms with van der Waals surface area (Å²) in [5.41, 5.74) is 0. The molecule has 0 aromatic heterocycles. The monoisotopic (exact) mass is 299 g/mol. The van der Waals surface area contributed by atoms with Gasteiger partial charge in [0.25, 0.3) is 0 Å². The molecule has 1 fully saturated rings. The Hall–Kier alpha value is -1.79. The predicted molar refractivity (Wildman–Crippen MR) is 77.7 cm³/mol. The lowest BCUT2D eigenvalue weighted by Gasteiger charge is -2.16. The molecule has 1 aliphatic rings. The van der Waals surface area contributed by atoms with Crippen LogP contribution in [0, 0.1) is 17.8 Å². The second-order valence-corrected chi connectivity index (χ2v) is 5.90. The highest BCUT2D eigenvalue weighted by molar-refractivity contribution is 5.83. The van der Waals surface area contributed by atoms with E-state index in [9.17, 15) is 14.4 Å². The van der Waals surface area contributed by atoms with E-state index in [1.807, 2.05) is 13.8 Å². The molecule has 2 atom stereocenters. The van der Waals surface area contributed by atoms with Crippen molar-refractivity contribution in [2.45, 2.75) is 33.1 Å². The number of hydrogen-bond donors (Lipinski definition) is 4. The van der Waals surface area contributed by atoms with Crippen molar-refractivity contribution >= 4 is 17.9 Å². The van der Waals surface area contributed by atoms with Crippen LogP contribution in [-0.4, -0.2) is 42.6 Å². The number of carboxylic acid groups (broad SMARTS) is 1. The van der Waals surface area contributed by atoms with E-state index >= 15 is 0 Å². The second kappa shape index (κ2) is 8.49. The van der Waals surface area contributed by atoms with Gasteiger partial charge < -0.3 is 21.1 Å². The number of urea groups is 1. The SMILES string of the molecule is CC(C)CNC(=O)CNC(=O)NCC1CCCC1C(=O)O. The van der Waals surface area contributed by atoms with Crippen molar-refractivity contribution in [1.29, 1.82) is 0 Å². The van der Waals surface area contributed by atoms with Gasteiger partial charge in [0.2, 0.25) is 5.91 Å². The molecule has 1 saturated carbocycles. The van der Waals surface area contributed by atoms with E-state index in [0.717, 1.165) is 12.8 Å². The molecule has 2 unspecified atom stereocenters. The number of carbonyl (C=O) groups is 3. The van der Waals surface area contributed by atoms with Gasteiger partial charge in [0, 0.05) is 13.1 Å². The Labute approximate surface area is 124 Å². The zero-order chi connectivity index (χ0) is 15.8. The molecule has 7 nitrogen and oxygen atoms in total. The van der Waals surface area contributed by atoms with Crippen molar-refractivity contribution in [2.24, 2.45) is 17.8 Å². The van der Waals surface area contributed by atoms with Crippen LogP contribution in [0.25, 0.3) is 0 Å². The summed E-state index contributed by atoms with van der Waals surface area (Å²) in [7, 11) is 0. The summed E-state index contributed by atoms with van der Waals surface area (Å²) in [4.78, 5) is 34.0. The van der Waals surface area contributed by atoms with E-state index in [0.29, 0.717) is 25.4 Å². The highest BCUT2D eigenvalue weighted by Crippen LogP contribution is 2.31. The Morgan fingerprint density at radius 1 is 1.14 bits per heavy atom. The lowest BCUT2D eigenvalue weighted by molar-refractivity contribution is -0.142. The third kappa shape index (κ3) is 6.46. The average Bonchev–Trinajstić information content (AvgIpc) is 2.89. The number of amides is 3. The van der Waals surface area contributed by atoms with Crippen molar-refractivity contribution in [1.82, 2.24) is 16.0 Å². The van der Waals surface area contributed by atoms with Crippen LogP contribution in [0.1, 0.15) is 33.1 Å². The molecule has 1 rings (SSSR count). The molecule has 21 heavy (non-hydrogen) atoms. The third-order valence-electron chi connectivity index (χ3n) is 3.62. The number of nitrogens with one attached hydrogen (secondary N) is 3. The van der Waals surface area contributed by atoms with E-state index in [4.69, 9.17) is 5.11 Å². The summed E-state index contributed by atoms with van der Waals surface area (Å²) in [6, 6.07) is -0.439. The van der Waals surface area contributed by atoms with Crippen molar-refractivity contribution in [3.63, 3.8) is 0 Å². The van der Waals surface area contributed by atoms with Crippen molar-refractivity contribution in [3.8, 4) is 0 Å². The Morgan fingerprint density at radius 2 is 1.86 bits per heavy atom. The molecule has 0 radical (unpaired) electrons. The molecule has 0 aromatic carbocycles. The van der Waals surface area contributed by atoms with Crippen LogP contribution in [0.2, 0.25) is 0 Å². The van der Waals surface area contributed by atoms with Gasteiger partial charge in [-0.2, -0.15) is 0 Å². The normalized spacial score (nSPS) is 21.1. The predicted octanol–water partition coefficient (Wildman–Crippen LogP) is 0.559. The second-order valence-electron chi connectivity index (χ2n) is 5.90. The van der Waals surface area contributed by atoms with Gasteiger partial charge in [-0.15, -0.1) is 0 Å². The summed E-state index contributed by atoms with van der Waals surface area (Å²) in [6.07, 6.45) is 2.36. The first-order chi connectivity index (χ1) is 9.90. The van der Waals surface area contributed by atoms with Gasteiger partial charge in [0.05, 0.1) is 12.5 Å². The minimum Gasteiger partial charge on any atom is -0.481 e. The number of aliphatic carboxylic acids is 1. The molecule has 0 saturated heterocycles. The number of hydrogen-bond acceptors (Lipinski definition) is 3. The topological polar surface area (TPSA) is 108 Å². The molecule has 120 valence electrons. The van der Waals surface area contributed by atoms with Crippen LogP contribution in [0.3, 0.4) is 0 Å². The number of rotatable bonds is 7. The molecule has 1 aliphatic carbocycles. The van der Waals surface area contributed by atoms with Crippen LogP contribution >= 0.6 is 0 Å². The molecule has 0 aliphatic heterocycles. The summed E-state index contributed by atoms with van der Waals surface area (Å²) < 4.78 is 0. The van der Waals surface area contributed by atoms with Crippen LogP contribution < -0.4 is 16.0 Å². The fourth-order valence-corrected chi connectivity index (χ4v) is 2.43. The van der Waals surface area contributed by atoms with Crippen LogP contribution in [0.5, 0.6) is 0 Å². The van der Waals surface area contributed by atoms with Crippen LogP contribution in [-0.2, 0) is 9.59 Å². The Morgan fingerprint density at radius 3 is 2.48 bits per heavy atom. The minimum absolute atomic E-state index is 0.0250. The van der Waals surface area contributed by atoms with Crippen molar-refractivity contribution < 1.29 is 19.5 Å². The molecule has 0 heterocycles. The summed E-state index contributed by atoms with van der Waals surface area (Å²) in [5.74, 6) is -1.07. The van der Waals surface area contributed by atoms with Crippen LogP contribution in [0.15, 0.2) is 0 Å². The molecular weight excluding hydrogens is 274 g/mol. The lowest BCUT2D eigenvalue weighted by Crippen LogP contribution is -2.44. The Balaban J connectivity index is 2.19. The van der Waals surface area contributed by atoms with E-state index in [1.165, 1.54) is 0 Å². The first-order valence-electron chi connectivity index (χ1n) is 7.41. The fourth-order valence-electron chi connectivity index (χ4n) is 2.43. The summed E-state index contributed by atoms with van der Waals surface area (Å²) in [5, 5.41) is 16.8. The van der Waals surface area contributed by atoms with Gasteiger partial charge >= 0.3 is 12.0 Å². The van der Waals surface area contributed by atoms with Crippen molar-refractivity contribution in [3.05, 3.63) is 0 Å². The molecule has 3 amide bonds. The maximum atomic E-state index is 11.6. The molecule has 0 aromatic rings. The van der Waals surface area contributed by atoms with E-state index < -0.39 is 12.0 Å².